The molecule has 0 aromatic heterocycles. The molecule has 0 aliphatic rings. The fraction of sp³-hybridized carbons (Fsp3) is 0.455. The minimum atomic E-state index is -0.117. The van der Waals surface area contributed by atoms with Gasteiger partial charge in [-0.15, -0.1) is 0 Å². The van der Waals surface area contributed by atoms with E-state index in [1.54, 1.807) is 14.2 Å². The largest absolute Gasteiger partial charge is 0.495 e. The van der Waals surface area contributed by atoms with Crippen molar-refractivity contribution in [2.75, 3.05) is 20.8 Å². The Hall–Kier alpha value is -0.770. The normalized spacial score (nSPS) is 12.6. The Morgan fingerprint density at radius 1 is 1.40 bits per heavy atom. The highest BCUT2D eigenvalue weighted by Crippen LogP contribution is 2.31. The van der Waals surface area contributed by atoms with E-state index >= 15 is 0 Å². The smallest absolute Gasteiger partial charge is 0.137 e. The first-order chi connectivity index (χ1) is 7.13. The van der Waals surface area contributed by atoms with Crippen molar-refractivity contribution in [3.63, 3.8) is 0 Å². The number of ether oxygens (including phenoxy) is 2. The summed E-state index contributed by atoms with van der Waals surface area (Å²) in [4.78, 5) is 0. The minimum Gasteiger partial charge on any atom is -0.495 e. The summed E-state index contributed by atoms with van der Waals surface area (Å²) in [7, 11) is 3.23. The topological polar surface area (TPSA) is 44.5 Å². The highest BCUT2D eigenvalue weighted by molar-refractivity contribution is 6.32. The Kier molecular flexibility index (Phi) is 4.39. The molecule has 3 nitrogen and oxygen atoms in total. The number of halogens is 1. The van der Waals surface area contributed by atoms with E-state index in [1.807, 2.05) is 19.1 Å². The van der Waals surface area contributed by atoms with Crippen molar-refractivity contribution in [2.24, 2.45) is 5.73 Å². The summed E-state index contributed by atoms with van der Waals surface area (Å²) in [6, 6.07) is 3.73. The van der Waals surface area contributed by atoms with E-state index in [4.69, 9.17) is 26.8 Å². The second-order valence-electron chi connectivity index (χ2n) is 3.30. The first-order valence-electron chi connectivity index (χ1n) is 4.71. The van der Waals surface area contributed by atoms with Gasteiger partial charge in [-0.3, -0.25) is 0 Å². The van der Waals surface area contributed by atoms with Gasteiger partial charge in [-0.05, 0) is 30.2 Å². The Morgan fingerprint density at radius 2 is 2.07 bits per heavy atom. The summed E-state index contributed by atoms with van der Waals surface area (Å²) in [5, 5.41) is 0.577. The number of methoxy groups -OCH3 is 2. The van der Waals surface area contributed by atoms with Gasteiger partial charge < -0.3 is 15.2 Å². The first-order valence-corrected chi connectivity index (χ1v) is 5.08. The van der Waals surface area contributed by atoms with Gasteiger partial charge >= 0.3 is 0 Å². The van der Waals surface area contributed by atoms with Gasteiger partial charge in [0.2, 0.25) is 0 Å². The fourth-order valence-corrected chi connectivity index (χ4v) is 1.77. The molecule has 0 saturated heterocycles. The van der Waals surface area contributed by atoms with Crippen molar-refractivity contribution in [1.29, 1.82) is 0 Å². The summed E-state index contributed by atoms with van der Waals surface area (Å²) >= 11 is 6.04. The quantitative estimate of drug-likeness (QED) is 0.862. The third-order valence-electron chi connectivity index (χ3n) is 2.39. The first kappa shape index (κ1) is 12.3. The molecule has 0 amide bonds. The third-order valence-corrected chi connectivity index (χ3v) is 2.68. The minimum absolute atomic E-state index is 0.117. The van der Waals surface area contributed by atoms with E-state index in [1.165, 1.54) is 0 Å². The van der Waals surface area contributed by atoms with Gasteiger partial charge in [0.1, 0.15) is 5.75 Å². The molecule has 0 aliphatic carbocycles. The zero-order valence-electron chi connectivity index (χ0n) is 9.21. The fourth-order valence-electron chi connectivity index (χ4n) is 1.52. The van der Waals surface area contributed by atoms with E-state index < -0.39 is 0 Å². The summed E-state index contributed by atoms with van der Waals surface area (Å²) in [6.45, 7) is 2.41. The van der Waals surface area contributed by atoms with Crippen LogP contribution in [0.3, 0.4) is 0 Å². The van der Waals surface area contributed by atoms with Crippen molar-refractivity contribution >= 4 is 11.6 Å². The molecule has 0 saturated carbocycles. The third kappa shape index (κ3) is 2.62. The van der Waals surface area contributed by atoms with Crippen LogP contribution < -0.4 is 10.5 Å². The van der Waals surface area contributed by atoms with Crippen LogP contribution in [-0.4, -0.2) is 20.8 Å². The second-order valence-corrected chi connectivity index (χ2v) is 3.71. The Morgan fingerprint density at radius 3 is 2.53 bits per heavy atom. The van der Waals surface area contributed by atoms with Gasteiger partial charge in [-0.25, -0.2) is 0 Å². The number of rotatable bonds is 4. The van der Waals surface area contributed by atoms with Crippen LogP contribution >= 0.6 is 11.6 Å². The molecule has 0 fully saturated rings. The van der Waals surface area contributed by atoms with E-state index in [9.17, 15) is 0 Å². The van der Waals surface area contributed by atoms with E-state index in [-0.39, 0.29) is 6.10 Å². The van der Waals surface area contributed by atoms with Crippen LogP contribution in [0.1, 0.15) is 17.2 Å². The van der Waals surface area contributed by atoms with Gasteiger partial charge in [0.05, 0.1) is 18.2 Å². The van der Waals surface area contributed by atoms with Gasteiger partial charge in [0.25, 0.3) is 0 Å². The Labute approximate surface area is 95.1 Å². The van der Waals surface area contributed by atoms with Gasteiger partial charge in [-0.2, -0.15) is 0 Å². The van der Waals surface area contributed by atoms with E-state index in [2.05, 4.69) is 0 Å². The maximum Gasteiger partial charge on any atom is 0.137 e. The lowest BCUT2D eigenvalue weighted by atomic mass is 10.0. The van der Waals surface area contributed by atoms with Crippen molar-refractivity contribution < 1.29 is 9.47 Å². The van der Waals surface area contributed by atoms with Crippen molar-refractivity contribution in [2.45, 2.75) is 13.0 Å². The highest BCUT2D eigenvalue weighted by Gasteiger charge is 2.14. The lowest BCUT2D eigenvalue weighted by Gasteiger charge is -2.17. The number of hydrogen-bond donors (Lipinski definition) is 1. The lowest BCUT2D eigenvalue weighted by molar-refractivity contribution is 0.110. The van der Waals surface area contributed by atoms with Crippen LogP contribution in [0.4, 0.5) is 0 Å². The second kappa shape index (κ2) is 5.35. The Bertz CT molecular complexity index is 338. The monoisotopic (exact) mass is 229 g/mol. The van der Waals surface area contributed by atoms with E-state index in [0.717, 1.165) is 11.1 Å². The standard InChI is InChI=1S/C11H16ClNO2/c1-7-4-10(14-2)9(12)5-8(7)11(6-13)15-3/h4-5,11H,6,13H2,1-3H3. The van der Waals surface area contributed by atoms with Crippen molar-refractivity contribution in [3.05, 3.63) is 28.3 Å². The van der Waals surface area contributed by atoms with Crippen molar-refractivity contribution in [1.82, 2.24) is 0 Å². The van der Waals surface area contributed by atoms with Crippen molar-refractivity contribution in [3.8, 4) is 5.75 Å². The van der Waals surface area contributed by atoms with Crippen LogP contribution in [0.2, 0.25) is 5.02 Å². The van der Waals surface area contributed by atoms with Crippen LogP contribution in [0, 0.1) is 6.92 Å². The van der Waals surface area contributed by atoms with Crippen LogP contribution in [0.25, 0.3) is 0 Å². The molecule has 1 aromatic carbocycles. The number of benzene rings is 1. The zero-order chi connectivity index (χ0) is 11.4. The average Bonchev–Trinajstić information content (AvgIpc) is 2.24. The molecular formula is C11H16ClNO2. The molecular weight excluding hydrogens is 214 g/mol. The molecule has 1 rings (SSSR count). The number of hydrogen-bond acceptors (Lipinski definition) is 3. The molecule has 4 heteroatoms. The summed E-state index contributed by atoms with van der Waals surface area (Å²) < 4.78 is 10.4. The molecule has 1 aromatic rings. The molecule has 0 radical (unpaired) electrons. The molecule has 15 heavy (non-hydrogen) atoms. The average molecular weight is 230 g/mol. The zero-order valence-corrected chi connectivity index (χ0v) is 9.97. The summed E-state index contributed by atoms with van der Waals surface area (Å²) in [5.41, 5.74) is 7.67. The van der Waals surface area contributed by atoms with Gasteiger partial charge in [-0.1, -0.05) is 11.6 Å². The SMILES string of the molecule is COc1cc(C)c(C(CN)OC)cc1Cl. The maximum absolute atomic E-state index is 6.04. The lowest BCUT2D eigenvalue weighted by Crippen LogP contribution is -2.15. The van der Waals surface area contributed by atoms with E-state index in [0.29, 0.717) is 17.3 Å². The molecule has 1 atom stereocenters. The summed E-state index contributed by atoms with van der Waals surface area (Å²) in [5.74, 6) is 0.671. The molecule has 84 valence electrons. The van der Waals surface area contributed by atoms with Gasteiger partial charge in [0, 0.05) is 13.7 Å². The molecule has 2 N–H and O–H groups in total. The molecule has 0 spiro atoms. The molecule has 1 unspecified atom stereocenters. The van der Waals surface area contributed by atoms with Crippen LogP contribution in [0.5, 0.6) is 5.75 Å². The molecule has 0 heterocycles. The predicted octanol–water partition coefficient (Wildman–Crippen LogP) is 2.30. The Balaban J connectivity index is 3.14. The highest BCUT2D eigenvalue weighted by atomic mass is 35.5. The number of nitrogens with two attached hydrogens (primary N) is 1. The predicted molar refractivity (Wildman–Crippen MR) is 61.5 cm³/mol. The number of aryl methyl sites for hydroxylation is 1. The molecule has 0 aliphatic heterocycles. The van der Waals surface area contributed by atoms with Gasteiger partial charge in [0.15, 0.2) is 0 Å². The maximum atomic E-state index is 6.04. The van der Waals surface area contributed by atoms with Crippen LogP contribution in [0.15, 0.2) is 12.1 Å². The molecule has 0 bridgehead atoms. The summed E-state index contributed by atoms with van der Waals surface area (Å²) in [6.07, 6.45) is -0.117. The van der Waals surface area contributed by atoms with Crippen LogP contribution in [-0.2, 0) is 4.74 Å².